The minimum atomic E-state index is -2.77. The average molecular weight is 334 g/mol. The number of aliphatic carboxylic acids is 3. The average Bonchev–Trinajstić information content (AvgIpc) is 2.44. The monoisotopic (exact) mass is 334 g/mol. The molecule has 0 aromatic carbocycles. The smallest absolute Gasteiger partial charge is 0.348 e. The molecule has 0 aliphatic heterocycles. The third kappa shape index (κ3) is 3.44. The van der Waals surface area contributed by atoms with Gasteiger partial charge in [0.05, 0.1) is 0 Å². The molecule has 132 valence electrons. The molecule has 23 heavy (non-hydrogen) atoms. The molecule has 0 saturated carbocycles. The predicted octanol–water partition coefficient (Wildman–Crippen LogP) is 0.754. The van der Waals surface area contributed by atoms with Crippen LogP contribution in [0.1, 0.15) is 40.5 Å². The van der Waals surface area contributed by atoms with Crippen LogP contribution in [0.3, 0.4) is 0 Å². The molecule has 9 heteroatoms. The lowest BCUT2D eigenvalue weighted by molar-refractivity contribution is -0.232. The molecule has 0 fully saturated rings. The fourth-order valence-corrected chi connectivity index (χ4v) is 2.78. The number of ether oxygens (including phenoxy) is 2. The van der Waals surface area contributed by atoms with Crippen LogP contribution >= 0.6 is 0 Å². The largest absolute Gasteiger partial charge is 0.481 e. The van der Waals surface area contributed by atoms with Crippen molar-refractivity contribution in [1.82, 2.24) is 0 Å². The molecule has 0 amide bonds. The van der Waals surface area contributed by atoms with Gasteiger partial charge in [0, 0.05) is 13.5 Å². The van der Waals surface area contributed by atoms with Gasteiger partial charge in [0.1, 0.15) is 5.41 Å². The summed E-state index contributed by atoms with van der Waals surface area (Å²) in [5.41, 5.74) is -4.87. The summed E-state index contributed by atoms with van der Waals surface area (Å²) >= 11 is 0. The molecule has 0 aromatic heterocycles. The fourth-order valence-electron chi connectivity index (χ4n) is 2.78. The molecule has 0 bridgehead atoms. The minimum Gasteiger partial charge on any atom is -0.481 e. The number of hydrogen-bond donors (Lipinski definition) is 3. The normalized spacial score (nSPS) is 15.3. The van der Waals surface area contributed by atoms with Gasteiger partial charge in [-0.05, 0) is 19.8 Å². The molecule has 0 aromatic rings. The van der Waals surface area contributed by atoms with Crippen LogP contribution < -0.4 is 0 Å². The summed E-state index contributed by atoms with van der Waals surface area (Å²) < 4.78 is 9.83. The lowest BCUT2D eigenvalue weighted by Gasteiger charge is -2.45. The zero-order valence-electron chi connectivity index (χ0n) is 13.5. The van der Waals surface area contributed by atoms with Crippen LogP contribution in [-0.4, -0.2) is 57.5 Å². The van der Waals surface area contributed by atoms with Crippen molar-refractivity contribution in [3.8, 4) is 0 Å². The summed E-state index contributed by atoms with van der Waals surface area (Å²) in [6.45, 7) is 4.81. The summed E-state index contributed by atoms with van der Waals surface area (Å²) in [6.07, 6.45) is -2.79. The highest BCUT2D eigenvalue weighted by molar-refractivity contribution is 5.95. The first-order chi connectivity index (χ1) is 10.6. The molecule has 0 spiro atoms. The standard InChI is InChI=1S/C14H22O9/c1-5-13(6-2,11(18)19)14(12(20)21,22-7-3)9(10(16)17)23-8(4)15/h9H,5-7H2,1-4H3,(H,16,17)(H,18,19)(H,20,21). The zero-order valence-corrected chi connectivity index (χ0v) is 13.5. The Morgan fingerprint density at radius 1 is 0.957 bits per heavy atom. The summed E-state index contributed by atoms with van der Waals surface area (Å²) in [6, 6.07) is 0. The van der Waals surface area contributed by atoms with Gasteiger partial charge < -0.3 is 24.8 Å². The predicted molar refractivity (Wildman–Crippen MR) is 75.8 cm³/mol. The van der Waals surface area contributed by atoms with Gasteiger partial charge in [-0.3, -0.25) is 9.59 Å². The highest BCUT2D eigenvalue weighted by atomic mass is 16.6. The lowest BCUT2D eigenvalue weighted by Crippen LogP contribution is -2.68. The number of rotatable bonds is 10. The third-order valence-corrected chi connectivity index (χ3v) is 3.89. The van der Waals surface area contributed by atoms with E-state index in [-0.39, 0.29) is 19.4 Å². The van der Waals surface area contributed by atoms with E-state index >= 15 is 0 Å². The maximum absolute atomic E-state index is 12.0. The lowest BCUT2D eigenvalue weighted by atomic mass is 9.64. The van der Waals surface area contributed by atoms with E-state index in [0.717, 1.165) is 6.92 Å². The van der Waals surface area contributed by atoms with Crippen molar-refractivity contribution in [2.24, 2.45) is 5.41 Å². The number of hydrogen-bond acceptors (Lipinski definition) is 6. The maximum atomic E-state index is 12.0. The minimum absolute atomic E-state index is 0.240. The van der Waals surface area contributed by atoms with E-state index in [1.165, 1.54) is 20.8 Å². The molecule has 0 heterocycles. The number of carbonyl (C=O) groups is 4. The Labute approximate surface area is 133 Å². The molecule has 0 rings (SSSR count). The summed E-state index contributed by atoms with van der Waals surface area (Å²) in [7, 11) is 0. The number of carboxylic acids is 3. The Balaban J connectivity index is 6.71. The highest BCUT2D eigenvalue weighted by Crippen LogP contribution is 2.45. The van der Waals surface area contributed by atoms with Crippen molar-refractivity contribution in [2.75, 3.05) is 6.61 Å². The molecule has 0 aliphatic rings. The van der Waals surface area contributed by atoms with E-state index in [1.54, 1.807) is 0 Å². The molecule has 2 atom stereocenters. The second-order valence-corrected chi connectivity index (χ2v) is 4.90. The van der Waals surface area contributed by atoms with Gasteiger partial charge in [-0.15, -0.1) is 0 Å². The second kappa shape index (κ2) is 7.91. The Morgan fingerprint density at radius 2 is 1.43 bits per heavy atom. The number of carboxylic acid groups (broad SMARTS) is 3. The van der Waals surface area contributed by atoms with Gasteiger partial charge in [-0.25, -0.2) is 9.59 Å². The van der Waals surface area contributed by atoms with Crippen LogP contribution in [0.25, 0.3) is 0 Å². The van der Waals surface area contributed by atoms with Crippen molar-refractivity contribution in [3.63, 3.8) is 0 Å². The Kier molecular flexibility index (Phi) is 7.17. The summed E-state index contributed by atoms with van der Waals surface area (Å²) in [4.78, 5) is 46.6. The molecule has 0 radical (unpaired) electrons. The van der Waals surface area contributed by atoms with Gasteiger partial charge in [0.25, 0.3) is 0 Å². The van der Waals surface area contributed by atoms with Crippen LogP contribution in [0, 0.1) is 5.41 Å². The Morgan fingerprint density at radius 3 is 1.65 bits per heavy atom. The molecule has 3 N–H and O–H groups in total. The molecular weight excluding hydrogens is 312 g/mol. The maximum Gasteiger partial charge on any atom is 0.348 e. The van der Waals surface area contributed by atoms with Gasteiger partial charge in [-0.2, -0.15) is 0 Å². The van der Waals surface area contributed by atoms with Crippen molar-refractivity contribution >= 4 is 23.9 Å². The van der Waals surface area contributed by atoms with Gasteiger partial charge in [0.2, 0.25) is 11.7 Å². The first-order valence-corrected chi connectivity index (χ1v) is 7.08. The van der Waals surface area contributed by atoms with Crippen molar-refractivity contribution in [3.05, 3.63) is 0 Å². The Bertz CT molecular complexity index is 481. The number of carbonyl (C=O) groups excluding carboxylic acids is 1. The first-order valence-electron chi connectivity index (χ1n) is 7.08. The van der Waals surface area contributed by atoms with Crippen molar-refractivity contribution in [2.45, 2.75) is 52.2 Å². The fraction of sp³-hybridized carbons (Fsp3) is 0.714. The zero-order chi connectivity index (χ0) is 18.4. The van der Waals surface area contributed by atoms with Crippen molar-refractivity contribution in [1.29, 1.82) is 0 Å². The Hall–Kier alpha value is -2.16. The SMILES string of the molecule is CCOC(C(=O)O)(C(OC(C)=O)C(=O)O)C(CC)(CC)C(=O)O. The third-order valence-electron chi connectivity index (χ3n) is 3.89. The van der Waals surface area contributed by atoms with E-state index in [1.807, 2.05) is 0 Å². The van der Waals surface area contributed by atoms with E-state index in [9.17, 15) is 34.5 Å². The van der Waals surface area contributed by atoms with E-state index in [4.69, 9.17) is 4.74 Å². The number of esters is 1. The van der Waals surface area contributed by atoms with Crippen LogP contribution in [0.2, 0.25) is 0 Å². The molecular formula is C14H22O9. The van der Waals surface area contributed by atoms with Crippen LogP contribution in [0.4, 0.5) is 0 Å². The van der Waals surface area contributed by atoms with Crippen molar-refractivity contribution < 1.29 is 44.0 Å². The molecule has 2 unspecified atom stereocenters. The second-order valence-electron chi connectivity index (χ2n) is 4.90. The van der Waals surface area contributed by atoms with E-state index in [0.29, 0.717) is 0 Å². The molecule has 9 nitrogen and oxygen atoms in total. The molecule has 0 saturated heterocycles. The van der Waals surface area contributed by atoms with Crippen LogP contribution in [0.5, 0.6) is 0 Å². The van der Waals surface area contributed by atoms with Gasteiger partial charge in [-0.1, -0.05) is 13.8 Å². The van der Waals surface area contributed by atoms with Gasteiger partial charge in [0.15, 0.2) is 0 Å². The quantitative estimate of drug-likeness (QED) is 0.492. The summed E-state index contributed by atoms with van der Waals surface area (Å²) in [5.74, 6) is -6.23. The highest BCUT2D eigenvalue weighted by Gasteiger charge is 2.68. The molecule has 0 aliphatic carbocycles. The van der Waals surface area contributed by atoms with Gasteiger partial charge >= 0.3 is 23.9 Å². The topological polar surface area (TPSA) is 147 Å². The van der Waals surface area contributed by atoms with E-state index in [2.05, 4.69) is 4.74 Å². The summed E-state index contributed by atoms with van der Waals surface area (Å²) in [5, 5.41) is 28.7. The van der Waals surface area contributed by atoms with Crippen LogP contribution in [0.15, 0.2) is 0 Å². The first kappa shape index (κ1) is 20.8. The van der Waals surface area contributed by atoms with Crippen LogP contribution in [-0.2, 0) is 28.7 Å². The van der Waals surface area contributed by atoms with E-state index < -0.39 is 41.0 Å².